The van der Waals surface area contributed by atoms with Gasteiger partial charge in [0, 0.05) is 16.4 Å². The fourth-order valence-electron chi connectivity index (χ4n) is 1.29. The monoisotopic (exact) mass is 393 g/mol. The molecule has 8 heteroatoms. The van der Waals surface area contributed by atoms with Gasteiger partial charge in [-0.05, 0) is 18.6 Å². The quantitative estimate of drug-likeness (QED) is 0.765. The first-order valence-electron chi connectivity index (χ1n) is 5.04. The smallest absolute Gasteiger partial charge is 0.207 e. The summed E-state index contributed by atoms with van der Waals surface area (Å²) in [5.41, 5.74) is 0. The Hall–Kier alpha value is 0.480. The van der Waals surface area contributed by atoms with E-state index < -0.39 is 10.0 Å². The summed E-state index contributed by atoms with van der Waals surface area (Å²) in [6.45, 7) is 1.83. The molecule has 1 aromatic carbocycles. The summed E-state index contributed by atoms with van der Waals surface area (Å²) in [5, 5.41) is 0.123. The second-order valence-corrected chi connectivity index (χ2v) is 7.27. The van der Waals surface area contributed by atoms with Gasteiger partial charge < -0.3 is 0 Å². The third-order valence-electron chi connectivity index (χ3n) is 2.23. The van der Waals surface area contributed by atoms with Crippen molar-refractivity contribution < 1.29 is 8.42 Å². The van der Waals surface area contributed by atoms with E-state index in [1.165, 1.54) is 12.1 Å². The largest absolute Gasteiger partial charge is 0.243 e. The molecule has 0 aliphatic carbocycles. The molecule has 0 radical (unpaired) electrons. The molecule has 1 atom stereocenters. The number of sulfonamides is 1. The van der Waals surface area contributed by atoms with E-state index in [2.05, 4.69) is 20.7 Å². The molecular weight excluding hydrogens is 384 g/mol. The van der Waals surface area contributed by atoms with Crippen LogP contribution in [0.15, 0.2) is 21.5 Å². The summed E-state index contributed by atoms with van der Waals surface area (Å²) in [7, 11) is -3.78. The van der Waals surface area contributed by atoms with Gasteiger partial charge in [0.2, 0.25) is 10.0 Å². The Morgan fingerprint density at radius 1 is 1.33 bits per heavy atom. The highest BCUT2D eigenvalue weighted by molar-refractivity contribution is 9.10. The number of hydrogen-bond donors (Lipinski definition) is 1. The van der Waals surface area contributed by atoms with E-state index >= 15 is 0 Å². The van der Waals surface area contributed by atoms with Crippen molar-refractivity contribution in [1.29, 1.82) is 0 Å². The van der Waals surface area contributed by atoms with Crippen LogP contribution in [0.1, 0.15) is 13.3 Å². The van der Waals surface area contributed by atoms with Crippen molar-refractivity contribution in [2.45, 2.75) is 24.3 Å². The van der Waals surface area contributed by atoms with Crippen LogP contribution in [0.3, 0.4) is 0 Å². The fourth-order valence-corrected chi connectivity index (χ4v) is 4.93. The van der Waals surface area contributed by atoms with E-state index in [9.17, 15) is 8.42 Å². The molecule has 18 heavy (non-hydrogen) atoms. The van der Waals surface area contributed by atoms with Crippen LogP contribution in [0.2, 0.25) is 10.0 Å². The van der Waals surface area contributed by atoms with Gasteiger partial charge in [-0.15, -0.1) is 11.6 Å². The lowest BCUT2D eigenvalue weighted by Gasteiger charge is -2.16. The average molecular weight is 396 g/mol. The van der Waals surface area contributed by atoms with Gasteiger partial charge >= 0.3 is 0 Å². The number of alkyl halides is 1. The standard InChI is InChI=1S/C10H11BrCl3NO2S/c1-2-7(5-12)15-18(16,17)10-8(13)3-6(11)4-9(10)14/h3-4,7,15H,2,5H2,1H3. The van der Waals surface area contributed by atoms with Crippen LogP contribution >= 0.6 is 50.7 Å². The van der Waals surface area contributed by atoms with Crippen molar-refractivity contribution in [3.8, 4) is 0 Å². The van der Waals surface area contributed by atoms with E-state index in [0.29, 0.717) is 10.9 Å². The fraction of sp³-hybridized carbons (Fsp3) is 0.400. The topological polar surface area (TPSA) is 46.2 Å². The molecule has 0 heterocycles. The molecule has 0 saturated carbocycles. The Balaban J connectivity index is 3.21. The Bertz CT molecular complexity index is 509. The van der Waals surface area contributed by atoms with Crippen molar-refractivity contribution in [1.82, 2.24) is 4.72 Å². The summed E-state index contributed by atoms with van der Waals surface area (Å²) in [6.07, 6.45) is 0.578. The second kappa shape index (κ2) is 6.77. The van der Waals surface area contributed by atoms with Crippen molar-refractivity contribution >= 4 is 60.8 Å². The van der Waals surface area contributed by atoms with Crippen molar-refractivity contribution in [3.63, 3.8) is 0 Å². The molecule has 1 N–H and O–H groups in total. The summed E-state index contributed by atoms with van der Waals surface area (Å²) in [5.74, 6) is 0.182. The van der Waals surface area contributed by atoms with E-state index in [1.807, 2.05) is 6.92 Å². The van der Waals surface area contributed by atoms with E-state index in [-0.39, 0.29) is 26.9 Å². The number of halogens is 4. The zero-order valence-electron chi connectivity index (χ0n) is 9.38. The first-order valence-corrected chi connectivity index (χ1v) is 8.61. The van der Waals surface area contributed by atoms with Crippen LogP contribution < -0.4 is 4.72 Å². The minimum atomic E-state index is -3.78. The molecule has 0 amide bonds. The Kier molecular flexibility index (Phi) is 6.22. The Labute approximate surface area is 130 Å². The first-order chi connectivity index (χ1) is 8.31. The van der Waals surface area contributed by atoms with Crippen LogP contribution in [0.4, 0.5) is 0 Å². The van der Waals surface area contributed by atoms with Crippen molar-refractivity contribution in [2.24, 2.45) is 0 Å². The SMILES string of the molecule is CCC(CCl)NS(=O)(=O)c1c(Cl)cc(Br)cc1Cl. The van der Waals surface area contributed by atoms with E-state index in [0.717, 1.165) is 0 Å². The molecule has 1 rings (SSSR count). The average Bonchev–Trinajstić information content (AvgIpc) is 2.23. The van der Waals surface area contributed by atoms with Gasteiger partial charge in [-0.2, -0.15) is 0 Å². The van der Waals surface area contributed by atoms with Gasteiger partial charge in [-0.1, -0.05) is 46.1 Å². The minimum absolute atomic E-state index is 0.0614. The maximum Gasteiger partial charge on any atom is 0.243 e. The summed E-state index contributed by atoms with van der Waals surface area (Å²) in [6, 6.07) is 2.60. The van der Waals surface area contributed by atoms with Crippen LogP contribution in [0.5, 0.6) is 0 Å². The van der Waals surface area contributed by atoms with Gasteiger partial charge in [0.05, 0.1) is 10.0 Å². The van der Waals surface area contributed by atoms with Gasteiger partial charge in [0.15, 0.2) is 0 Å². The number of rotatable bonds is 5. The van der Waals surface area contributed by atoms with Crippen LogP contribution in [-0.2, 0) is 10.0 Å². The maximum absolute atomic E-state index is 12.2. The third kappa shape index (κ3) is 3.99. The highest BCUT2D eigenvalue weighted by Gasteiger charge is 2.24. The van der Waals surface area contributed by atoms with Crippen molar-refractivity contribution in [2.75, 3.05) is 5.88 Å². The lowest BCUT2D eigenvalue weighted by molar-refractivity contribution is 0.557. The molecule has 3 nitrogen and oxygen atoms in total. The molecule has 0 bridgehead atoms. The van der Waals surface area contributed by atoms with Gasteiger partial charge in [0.25, 0.3) is 0 Å². The Morgan fingerprint density at radius 3 is 2.22 bits per heavy atom. The van der Waals surface area contributed by atoms with Crippen molar-refractivity contribution in [3.05, 3.63) is 26.7 Å². The van der Waals surface area contributed by atoms with Gasteiger partial charge in [-0.3, -0.25) is 0 Å². The molecule has 0 fully saturated rings. The first kappa shape index (κ1) is 16.5. The minimum Gasteiger partial charge on any atom is -0.207 e. The van der Waals surface area contributed by atoms with Crippen LogP contribution in [0, 0.1) is 0 Å². The maximum atomic E-state index is 12.2. The zero-order valence-corrected chi connectivity index (χ0v) is 14.1. The lowest BCUT2D eigenvalue weighted by atomic mass is 10.3. The second-order valence-electron chi connectivity index (χ2n) is 3.58. The van der Waals surface area contributed by atoms with E-state index in [1.54, 1.807) is 0 Å². The molecule has 0 aliphatic rings. The van der Waals surface area contributed by atoms with Gasteiger partial charge in [0.1, 0.15) is 4.90 Å². The number of benzene rings is 1. The highest BCUT2D eigenvalue weighted by Crippen LogP contribution is 2.32. The Morgan fingerprint density at radius 2 is 1.83 bits per heavy atom. The summed E-state index contributed by atoms with van der Waals surface area (Å²) >= 11 is 20.7. The predicted molar refractivity (Wildman–Crippen MR) is 79.3 cm³/mol. The molecule has 0 aliphatic heterocycles. The lowest BCUT2D eigenvalue weighted by Crippen LogP contribution is -2.35. The molecule has 0 saturated heterocycles. The molecule has 0 aromatic heterocycles. The van der Waals surface area contributed by atoms with Crippen LogP contribution in [0.25, 0.3) is 0 Å². The molecular formula is C10H11BrCl3NO2S. The number of nitrogens with one attached hydrogen (secondary N) is 1. The van der Waals surface area contributed by atoms with Gasteiger partial charge in [-0.25, -0.2) is 13.1 Å². The zero-order chi connectivity index (χ0) is 13.9. The number of hydrogen-bond acceptors (Lipinski definition) is 2. The normalized spacial score (nSPS) is 13.6. The molecule has 1 aromatic rings. The highest BCUT2D eigenvalue weighted by atomic mass is 79.9. The van der Waals surface area contributed by atoms with E-state index in [4.69, 9.17) is 34.8 Å². The third-order valence-corrected chi connectivity index (χ3v) is 5.50. The molecule has 102 valence electrons. The van der Waals surface area contributed by atoms with Crippen LogP contribution in [-0.4, -0.2) is 20.3 Å². The molecule has 0 spiro atoms. The summed E-state index contributed by atoms with van der Waals surface area (Å²) < 4.78 is 27.4. The summed E-state index contributed by atoms with van der Waals surface area (Å²) in [4.78, 5) is -0.127. The molecule has 1 unspecified atom stereocenters. The predicted octanol–water partition coefficient (Wildman–Crippen LogP) is 4.05.